The van der Waals surface area contributed by atoms with E-state index in [-0.39, 0.29) is 11.8 Å². The molecule has 0 saturated carbocycles. The van der Waals surface area contributed by atoms with Gasteiger partial charge < -0.3 is 9.80 Å². The number of amides is 2. The van der Waals surface area contributed by atoms with Crippen LogP contribution in [0.2, 0.25) is 0 Å². The standard InChI is InChI=1S/C18H26N4O2/c23-17(21-9-5-1-2-6-10-21)15-20-11-13-22(14-12-20)18(24)16-7-3-4-8-19-16/h3-4,7-8H,1-2,5-6,9-15H2. The van der Waals surface area contributed by atoms with Gasteiger partial charge in [0, 0.05) is 45.5 Å². The zero-order valence-corrected chi connectivity index (χ0v) is 14.2. The molecule has 2 saturated heterocycles. The van der Waals surface area contributed by atoms with Crippen molar-refractivity contribution in [2.75, 3.05) is 45.8 Å². The molecule has 0 aliphatic carbocycles. The minimum Gasteiger partial charge on any atom is -0.342 e. The second kappa shape index (κ2) is 8.24. The van der Waals surface area contributed by atoms with E-state index in [1.165, 1.54) is 12.8 Å². The van der Waals surface area contributed by atoms with Gasteiger partial charge in [-0.1, -0.05) is 18.9 Å². The van der Waals surface area contributed by atoms with E-state index in [1.54, 1.807) is 12.3 Å². The Kier molecular flexibility index (Phi) is 5.80. The van der Waals surface area contributed by atoms with Gasteiger partial charge in [-0.3, -0.25) is 19.5 Å². The number of carbonyl (C=O) groups is 2. The van der Waals surface area contributed by atoms with E-state index in [1.807, 2.05) is 21.9 Å². The first-order valence-corrected chi connectivity index (χ1v) is 8.94. The van der Waals surface area contributed by atoms with Gasteiger partial charge in [-0.05, 0) is 25.0 Å². The van der Waals surface area contributed by atoms with Crippen LogP contribution in [0.25, 0.3) is 0 Å². The third-order valence-corrected chi connectivity index (χ3v) is 4.86. The molecule has 0 aromatic carbocycles. The fraction of sp³-hybridized carbons (Fsp3) is 0.611. The summed E-state index contributed by atoms with van der Waals surface area (Å²) in [6.07, 6.45) is 6.36. The van der Waals surface area contributed by atoms with Crippen molar-refractivity contribution in [3.8, 4) is 0 Å². The maximum atomic E-state index is 12.4. The zero-order chi connectivity index (χ0) is 16.8. The lowest BCUT2D eigenvalue weighted by Crippen LogP contribution is -2.51. The van der Waals surface area contributed by atoms with Gasteiger partial charge in [0.25, 0.3) is 5.91 Å². The Morgan fingerprint density at radius 2 is 1.58 bits per heavy atom. The number of carbonyl (C=O) groups excluding carboxylic acids is 2. The van der Waals surface area contributed by atoms with E-state index in [0.717, 1.165) is 39.0 Å². The summed E-state index contributed by atoms with van der Waals surface area (Å²) in [5.74, 6) is 0.218. The molecule has 130 valence electrons. The van der Waals surface area contributed by atoms with Crippen LogP contribution in [-0.4, -0.2) is 77.3 Å². The lowest BCUT2D eigenvalue weighted by Gasteiger charge is -2.35. The molecule has 3 rings (SSSR count). The molecule has 2 fully saturated rings. The van der Waals surface area contributed by atoms with Gasteiger partial charge in [0.1, 0.15) is 5.69 Å². The third-order valence-electron chi connectivity index (χ3n) is 4.86. The molecular formula is C18H26N4O2. The SMILES string of the molecule is O=C(CN1CCN(C(=O)c2ccccn2)CC1)N1CCCCCC1. The minimum absolute atomic E-state index is 0.0194. The van der Waals surface area contributed by atoms with Gasteiger partial charge in [0.2, 0.25) is 5.91 Å². The number of hydrogen-bond donors (Lipinski definition) is 0. The van der Waals surface area contributed by atoms with Crippen molar-refractivity contribution in [3.05, 3.63) is 30.1 Å². The Hall–Kier alpha value is -1.95. The van der Waals surface area contributed by atoms with Crippen LogP contribution in [0.5, 0.6) is 0 Å². The summed E-state index contributed by atoms with van der Waals surface area (Å²) in [5.41, 5.74) is 0.492. The highest BCUT2D eigenvalue weighted by Crippen LogP contribution is 2.11. The van der Waals surface area contributed by atoms with E-state index >= 15 is 0 Å². The van der Waals surface area contributed by atoms with Gasteiger partial charge in [-0.2, -0.15) is 0 Å². The van der Waals surface area contributed by atoms with E-state index in [0.29, 0.717) is 25.3 Å². The first kappa shape index (κ1) is 16.9. The second-order valence-electron chi connectivity index (χ2n) is 6.58. The highest BCUT2D eigenvalue weighted by atomic mass is 16.2. The third kappa shape index (κ3) is 4.32. The summed E-state index contributed by atoms with van der Waals surface area (Å²) in [6, 6.07) is 5.39. The van der Waals surface area contributed by atoms with E-state index in [4.69, 9.17) is 0 Å². The fourth-order valence-corrected chi connectivity index (χ4v) is 3.37. The first-order chi connectivity index (χ1) is 11.7. The molecule has 0 N–H and O–H groups in total. The second-order valence-corrected chi connectivity index (χ2v) is 6.58. The zero-order valence-electron chi connectivity index (χ0n) is 14.2. The molecular weight excluding hydrogens is 304 g/mol. The van der Waals surface area contributed by atoms with Crippen LogP contribution in [0.3, 0.4) is 0 Å². The van der Waals surface area contributed by atoms with Crippen LogP contribution in [0.15, 0.2) is 24.4 Å². The molecule has 24 heavy (non-hydrogen) atoms. The van der Waals surface area contributed by atoms with Crippen LogP contribution in [0, 0.1) is 0 Å². The largest absolute Gasteiger partial charge is 0.342 e. The fourth-order valence-electron chi connectivity index (χ4n) is 3.37. The topological polar surface area (TPSA) is 56.8 Å². The molecule has 0 spiro atoms. The summed E-state index contributed by atoms with van der Waals surface area (Å²) in [4.78, 5) is 35.0. The van der Waals surface area contributed by atoms with Crippen molar-refractivity contribution in [2.45, 2.75) is 25.7 Å². The van der Waals surface area contributed by atoms with Gasteiger partial charge in [0.05, 0.1) is 6.54 Å². The van der Waals surface area contributed by atoms with Crippen LogP contribution >= 0.6 is 0 Å². The van der Waals surface area contributed by atoms with Crippen LogP contribution < -0.4 is 0 Å². The average molecular weight is 330 g/mol. The Bertz CT molecular complexity index is 547. The summed E-state index contributed by atoms with van der Waals surface area (Å²) in [7, 11) is 0. The lowest BCUT2D eigenvalue weighted by atomic mass is 10.2. The Morgan fingerprint density at radius 1 is 0.875 bits per heavy atom. The van der Waals surface area contributed by atoms with Crippen molar-refractivity contribution in [3.63, 3.8) is 0 Å². The summed E-state index contributed by atoms with van der Waals surface area (Å²) >= 11 is 0. The Morgan fingerprint density at radius 3 is 2.21 bits per heavy atom. The normalized spacial score (nSPS) is 19.8. The predicted octanol–water partition coefficient (Wildman–Crippen LogP) is 1.24. The first-order valence-electron chi connectivity index (χ1n) is 8.94. The number of pyridine rings is 1. The van der Waals surface area contributed by atoms with Crippen molar-refractivity contribution in [1.82, 2.24) is 19.7 Å². The number of nitrogens with zero attached hydrogens (tertiary/aromatic N) is 4. The molecule has 0 atom stereocenters. The quantitative estimate of drug-likeness (QED) is 0.837. The van der Waals surface area contributed by atoms with Gasteiger partial charge in [-0.25, -0.2) is 0 Å². The molecule has 1 aromatic heterocycles. The average Bonchev–Trinajstić information content (AvgIpc) is 2.92. The maximum Gasteiger partial charge on any atom is 0.272 e. The molecule has 6 nitrogen and oxygen atoms in total. The van der Waals surface area contributed by atoms with Gasteiger partial charge in [-0.15, -0.1) is 0 Å². The minimum atomic E-state index is -0.0194. The molecule has 2 amide bonds. The number of aromatic nitrogens is 1. The molecule has 1 aromatic rings. The van der Waals surface area contributed by atoms with Crippen LogP contribution in [0.4, 0.5) is 0 Å². The highest BCUT2D eigenvalue weighted by Gasteiger charge is 2.25. The van der Waals surface area contributed by atoms with Crippen LogP contribution in [0.1, 0.15) is 36.2 Å². The van der Waals surface area contributed by atoms with Gasteiger partial charge in [0.15, 0.2) is 0 Å². The number of likely N-dealkylation sites (tertiary alicyclic amines) is 1. The summed E-state index contributed by atoms with van der Waals surface area (Å²) in [6.45, 7) is 5.08. The molecule has 0 unspecified atom stereocenters. The monoisotopic (exact) mass is 330 g/mol. The maximum absolute atomic E-state index is 12.4. The molecule has 2 aliphatic heterocycles. The van der Waals surface area contributed by atoms with Crippen LogP contribution in [-0.2, 0) is 4.79 Å². The lowest BCUT2D eigenvalue weighted by molar-refractivity contribution is -0.132. The number of rotatable bonds is 3. The molecule has 2 aliphatic rings. The number of piperazine rings is 1. The Labute approximate surface area is 143 Å². The number of hydrogen-bond acceptors (Lipinski definition) is 4. The predicted molar refractivity (Wildman–Crippen MR) is 91.6 cm³/mol. The van der Waals surface area contributed by atoms with Gasteiger partial charge >= 0.3 is 0 Å². The van der Waals surface area contributed by atoms with Crippen molar-refractivity contribution < 1.29 is 9.59 Å². The Balaban J connectivity index is 1.46. The molecule has 3 heterocycles. The van der Waals surface area contributed by atoms with E-state index < -0.39 is 0 Å². The molecule has 6 heteroatoms. The summed E-state index contributed by atoms with van der Waals surface area (Å²) in [5, 5.41) is 0. The molecule has 0 bridgehead atoms. The smallest absolute Gasteiger partial charge is 0.272 e. The summed E-state index contributed by atoms with van der Waals surface area (Å²) < 4.78 is 0. The van der Waals surface area contributed by atoms with Crippen molar-refractivity contribution >= 4 is 11.8 Å². The van der Waals surface area contributed by atoms with E-state index in [2.05, 4.69) is 9.88 Å². The highest BCUT2D eigenvalue weighted by molar-refractivity contribution is 5.92. The van der Waals surface area contributed by atoms with Crippen molar-refractivity contribution in [1.29, 1.82) is 0 Å². The van der Waals surface area contributed by atoms with E-state index in [9.17, 15) is 9.59 Å². The van der Waals surface area contributed by atoms with Crippen molar-refractivity contribution in [2.24, 2.45) is 0 Å². The molecule has 0 radical (unpaired) electrons.